The third-order valence-electron chi connectivity index (χ3n) is 2.09. The minimum Gasteiger partial charge on any atom is -0.396 e. The van der Waals surface area contributed by atoms with Crippen molar-refractivity contribution in [3.05, 3.63) is 17.8 Å². The van der Waals surface area contributed by atoms with E-state index in [-0.39, 0.29) is 0 Å². The second-order valence-electron chi connectivity index (χ2n) is 3.89. The zero-order chi connectivity index (χ0) is 12.3. The first kappa shape index (κ1) is 11.8. The Labute approximate surface area is 93.3 Å². The third-order valence-corrected chi connectivity index (χ3v) is 2.09. The quantitative estimate of drug-likeness (QED) is 0.671. The van der Waals surface area contributed by atoms with E-state index < -0.39 is 11.4 Å². The molecule has 1 heterocycles. The van der Waals surface area contributed by atoms with Gasteiger partial charge in [-0.2, -0.15) is 5.26 Å². The van der Waals surface area contributed by atoms with E-state index in [2.05, 4.69) is 10.3 Å². The van der Waals surface area contributed by atoms with Crippen LogP contribution in [0.1, 0.15) is 19.4 Å². The number of amides is 1. The maximum Gasteiger partial charge on any atom is 0.242 e. The lowest BCUT2D eigenvalue weighted by Crippen LogP contribution is -2.45. The summed E-state index contributed by atoms with van der Waals surface area (Å²) in [4.78, 5) is 15.0. The van der Waals surface area contributed by atoms with Crippen LogP contribution in [0.3, 0.4) is 0 Å². The summed E-state index contributed by atoms with van der Waals surface area (Å²) in [5.74, 6) is -0.180. The summed E-state index contributed by atoms with van der Waals surface area (Å²) >= 11 is 0. The number of nitrogen functional groups attached to an aromatic ring is 1. The number of rotatable bonds is 3. The molecule has 0 unspecified atom stereocenters. The van der Waals surface area contributed by atoms with E-state index >= 15 is 0 Å². The van der Waals surface area contributed by atoms with Crippen LogP contribution in [0.4, 0.5) is 11.5 Å². The van der Waals surface area contributed by atoms with Gasteiger partial charge >= 0.3 is 0 Å². The number of primary amides is 1. The Balaban J connectivity index is 3.00. The lowest BCUT2D eigenvalue weighted by Gasteiger charge is -2.23. The number of nitrogens with one attached hydrogen (secondary N) is 1. The number of anilines is 2. The van der Waals surface area contributed by atoms with Gasteiger partial charge < -0.3 is 16.8 Å². The SMILES string of the molecule is CC(C)(Nc1ncc(C#N)cc1N)C(N)=O. The molecule has 0 aromatic carbocycles. The summed E-state index contributed by atoms with van der Waals surface area (Å²) in [6, 6.07) is 3.40. The molecular weight excluding hydrogens is 206 g/mol. The summed E-state index contributed by atoms with van der Waals surface area (Å²) in [5, 5.41) is 11.5. The van der Waals surface area contributed by atoms with Gasteiger partial charge in [0.15, 0.2) is 0 Å². The molecule has 16 heavy (non-hydrogen) atoms. The number of carbonyl (C=O) groups excluding carboxylic acids is 1. The molecule has 0 aliphatic heterocycles. The summed E-state index contributed by atoms with van der Waals surface area (Å²) in [7, 11) is 0. The van der Waals surface area contributed by atoms with Crippen LogP contribution in [0.15, 0.2) is 12.3 Å². The van der Waals surface area contributed by atoms with Crippen LogP contribution in [0, 0.1) is 11.3 Å². The van der Waals surface area contributed by atoms with Crippen LogP contribution in [0.5, 0.6) is 0 Å². The van der Waals surface area contributed by atoms with Crippen molar-refractivity contribution in [2.24, 2.45) is 5.73 Å². The fourth-order valence-corrected chi connectivity index (χ4v) is 1.00. The van der Waals surface area contributed by atoms with E-state index in [0.717, 1.165) is 0 Å². The van der Waals surface area contributed by atoms with Crippen LogP contribution < -0.4 is 16.8 Å². The van der Waals surface area contributed by atoms with Crippen molar-refractivity contribution in [2.75, 3.05) is 11.1 Å². The van der Waals surface area contributed by atoms with Crippen LogP contribution in [-0.2, 0) is 4.79 Å². The van der Waals surface area contributed by atoms with E-state index in [1.54, 1.807) is 13.8 Å². The van der Waals surface area contributed by atoms with Gasteiger partial charge in [-0.05, 0) is 19.9 Å². The second kappa shape index (κ2) is 4.06. The van der Waals surface area contributed by atoms with Crippen molar-refractivity contribution in [3.8, 4) is 6.07 Å². The molecule has 0 spiro atoms. The van der Waals surface area contributed by atoms with Crippen LogP contribution in [-0.4, -0.2) is 16.4 Å². The fraction of sp³-hybridized carbons (Fsp3) is 0.300. The lowest BCUT2D eigenvalue weighted by molar-refractivity contribution is -0.121. The summed E-state index contributed by atoms with van der Waals surface area (Å²) in [5.41, 5.74) is 10.6. The average Bonchev–Trinajstić information content (AvgIpc) is 2.20. The summed E-state index contributed by atoms with van der Waals surface area (Å²) < 4.78 is 0. The second-order valence-corrected chi connectivity index (χ2v) is 3.89. The number of aromatic nitrogens is 1. The van der Waals surface area contributed by atoms with Crippen molar-refractivity contribution in [2.45, 2.75) is 19.4 Å². The fourth-order valence-electron chi connectivity index (χ4n) is 1.00. The van der Waals surface area contributed by atoms with Gasteiger partial charge in [-0.1, -0.05) is 0 Å². The van der Waals surface area contributed by atoms with Gasteiger partial charge in [-0.25, -0.2) is 4.98 Å². The van der Waals surface area contributed by atoms with Gasteiger partial charge in [0.25, 0.3) is 0 Å². The highest BCUT2D eigenvalue weighted by Gasteiger charge is 2.25. The molecule has 84 valence electrons. The number of hydrogen-bond donors (Lipinski definition) is 3. The monoisotopic (exact) mass is 219 g/mol. The molecule has 6 heteroatoms. The molecule has 0 aliphatic carbocycles. The standard InChI is InChI=1S/C10H13N5O/c1-10(2,9(13)16)15-8-7(12)3-6(4-11)5-14-8/h3,5H,12H2,1-2H3,(H2,13,16)(H,14,15). The number of pyridine rings is 1. The topological polar surface area (TPSA) is 118 Å². The maximum absolute atomic E-state index is 11.1. The van der Waals surface area contributed by atoms with Crippen molar-refractivity contribution >= 4 is 17.4 Å². The number of nitriles is 1. The highest BCUT2D eigenvalue weighted by atomic mass is 16.1. The molecule has 0 bridgehead atoms. The highest BCUT2D eigenvalue weighted by molar-refractivity contribution is 5.87. The smallest absolute Gasteiger partial charge is 0.242 e. The normalized spacial score (nSPS) is 10.6. The molecule has 0 saturated carbocycles. The van der Waals surface area contributed by atoms with Crippen LogP contribution in [0.25, 0.3) is 0 Å². The largest absolute Gasteiger partial charge is 0.396 e. The molecule has 0 aliphatic rings. The third kappa shape index (κ3) is 2.39. The highest BCUT2D eigenvalue weighted by Crippen LogP contribution is 2.20. The van der Waals surface area contributed by atoms with Crippen molar-refractivity contribution in [1.82, 2.24) is 4.98 Å². The Hall–Kier alpha value is -2.29. The molecule has 0 radical (unpaired) electrons. The Morgan fingerprint density at radius 3 is 2.69 bits per heavy atom. The molecule has 0 atom stereocenters. The van der Waals surface area contributed by atoms with Gasteiger partial charge in [0.1, 0.15) is 17.4 Å². The first-order valence-electron chi connectivity index (χ1n) is 4.60. The van der Waals surface area contributed by atoms with Crippen molar-refractivity contribution < 1.29 is 4.79 Å². The Morgan fingerprint density at radius 1 is 1.62 bits per heavy atom. The minimum atomic E-state index is -0.949. The minimum absolute atomic E-state index is 0.299. The zero-order valence-electron chi connectivity index (χ0n) is 9.11. The van der Waals surface area contributed by atoms with Crippen LogP contribution >= 0.6 is 0 Å². The first-order valence-corrected chi connectivity index (χ1v) is 4.60. The predicted molar refractivity (Wildman–Crippen MR) is 60.3 cm³/mol. The molecule has 5 N–H and O–H groups in total. The van der Waals surface area contributed by atoms with Gasteiger partial charge in [0.2, 0.25) is 5.91 Å². The number of hydrogen-bond acceptors (Lipinski definition) is 5. The van der Waals surface area contributed by atoms with Gasteiger partial charge in [-0.3, -0.25) is 4.79 Å². The van der Waals surface area contributed by atoms with E-state index in [1.807, 2.05) is 6.07 Å². The Bertz CT molecular complexity index is 461. The van der Waals surface area contributed by atoms with Gasteiger partial charge in [0, 0.05) is 6.20 Å². The molecule has 6 nitrogen and oxygen atoms in total. The first-order chi connectivity index (χ1) is 7.36. The molecule has 0 saturated heterocycles. The van der Waals surface area contributed by atoms with E-state index in [1.165, 1.54) is 12.3 Å². The summed E-state index contributed by atoms with van der Waals surface area (Å²) in [6.07, 6.45) is 1.37. The molecule has 1 aromatic rings. The van der Waals surface area contributed by atoms with Crippen molar-refractivity contribution in [1.29, 1.82) is 5.26 Å². The molecular formula is C10H13N5O. The zero-order valence-corrected chi connectivity index (χ0v) is 9.11. The number of carbonyl (C=O) groups is 1. The molecule has 1 aromatic heterocycles. The summed E-state index contributed by atoms with van der Waals surface area (Å²) in [6.45, 7) is 3.24. The Kier molecular flexibility index (Phi) is 2.99. The van der Waals surface area contributed by atoms with E-state index in [4.69, 9.17) is 16.7 Å². The average molecular weight is 219 g/mol. The molecule has 1 rings (SSSR count). The molecule has 1 amide bonds. The lowest BCUT2D eigenvalue weighted by atomic mass is 10.1. The van der Waals surface area contributed by atoms with Gasteiger partial charge in [0.05, 0.1) is 11.3 Å². The van der Waals surface area contributed by atoms with Gasteiger partial charge in [-0.15, -0.1) is 0 Å². The predicted octanol–water partition coefficient (Wildman–Crippen LogP) is 0.211. The number of nitrogens with two attached hydrogens (primary N) is 2. The maximum atomic E-state index is 11.1. The van der Waals surface area contributed by atoms with Crippen molar-refractivity contribution in [3.63, 3.8) is 0 Å². The number of nitrogens with zero attached hydrogens (tertiary/aromatic N) is 2. The Morgan fingerprint density at radius 2 is 2.25 bits per heavy atom. The molecule has 0 fully saturated rings. The van der Waals surface area contributed by atoms with E-state index in [9.17, 15) is 4.79 Å². The van der Waals surface area contributed by atoms with E-state index in [0.29, 0.717) is 17.1 Å². The van der Waals surface area contributed by atoms with Crippen LogP contribution in [0.2, 0.25) is 0 Å².